The third kappa shape index (κ3) is 3.87. The fourth-order valence-electron chi connectivity index (χ4n) is 2.35. The third-order valence-corrected chi connectivity index (χ3v) is 3.65. The monoisotopic (exact) mass is 333 g/mol. The number of amides is 1. The Morgan fingerprint density at radius 2 is 1.60 bits per heavy atom. The number of anilines is 1. The molecule has 0 aliphatic rings. The van der Waals surface area contributed by atoms with Crippen LogP contribution in [-0.4, -0.2) is 27.0 Å². The molecule has 1 heterocycles. The highest BCUT2D eigenvalue weighted by molar-refractivity contribution is 6.05. The van der Waals surface area contributed by atoms with Crippen molar-refractivity contribution in [2.75, 3.05) is 5.32 Å². The van der Waals surface area contributed by atoms with Crippen LogP contribution in [0, 0.1) is 6.92 Å². The Balaban J connectivity index is 1.95. The number of nitrogens with zero attached hydrogens (tertiary/aromatic N) is 2. The molecule has 3 rings (SSSR count). The van der Waals surface area contributed by atoms with Crippen LogP contribution in [-0.2, 0) is 0 Å². The molecule has 1 amide bonds. The van der Waals surface area contributed by atoms with Gasteiger partial charge in [-0.15, -0.1) is 0 Å². The maximum absolute atomic E-state index is 12.4. The molecule has 0 radical (unpaired) electrons. The van der Waals surface area contributed by atoms with Gasteiger partial charge >= 0.3 is 5.97 Å². The van der Waals surface area contributed by atoms with Crippen LogP contribution in [0.2, 0.25) is 0 Å². The second kappa shape index (κ2) is 6.92. The zero-order valence-electron chi connectivity index (χ0n) is 13.4. The summed E-state index contributed by atoms with van der Waals surface area (Å²) in [4.78, 5) is 31.6. The zero-order chi connectivity index (χ0) is 17.8. The summed E-state index contributed by atoms with van der Waals surface area (Å²) < 4.78 is 0. The lowest BCUT2D eigenvalue weighted by atomic mass is 10.0. The minimum absolute atomic E-state index is 0.0700. The van der Waals surface area contributed by atoms with Crippen LogP contribution < -0.4 is 5.32 Å². The first-order valence-corrected chi connectivity index (χ1v) is 7.55. The average Bonchev–Trinajstić information content (AvgIpc) is 2.62. The maximum atomic E-state index is 12.4. The lowest BCUT2D eigenvalue weighted by Gasteiger charge is -2.10. The summed E-state index contributed by atoms with van der Waals surface area (Å²) in [6.45, 7) is 1.94. The van der Waals surface area contributed by atoms with E-state index >= 15 is 0 Å². The lowest BCUT2D eigenvalue weighted by Crippen LogP contribution is -2.12. The molecule has 0 spiro atoms. The van der Waals surface area contributed by atoms with Crippen molar-refractivity contribution in [3.8, 4) is 11.1 Å². The van der Waals surface area contributed by atoms with Crippen molar-refractivity contribution in [1.29, 1.82) is 0 Å². The van der Waals surface area contributed by atoms with Gasteiger partial charge in [0, 0.05) is 29.2 Å². The zero-order valence-corrected chi connectivity index (χ0v) is 13.4. The number of hydrogen-bond acceptors (Lipinski definition) is 4. The first kappa shape index (κ1) is 16.3. The number of aromatic nitrogens is 2. The first-order valence-electron chi connectivity index (χ1n) is 7.55. The molecule has 0 aliphatic carbocycles. The van der Waals surface area contributed by atoms with Gasteiger partial charge in [-0.3, -0.25) is 4.79 Å². The molecule has 6 nitrogen and oxygen atoms in total. The third-order valence-electron chi connectivity index (χ3n) is 3.65. The SMILES string of the molecule is Cc1ccc(C(=O)Nc2cc(C(=O)O)cc(-c3cncnc3)c2)cc1. The predicted molar refractivity (Wildman–Crippen MR) is 93.6 cm³/mol. The van der Waals surface area contributed by atoms with E-state index in [1.54, 1.807) is 30.6 Å². The molecule has 2 aromatic carbocycles. The fraction of sp³-hybridized carbons (Fsp3) is 0.0526. The van der Waals surface area contributed by atoms with Crippen molar-refractivity contribution in [3.63, 3.8) is 0 Å². The summed E-state index contributed by atoms with van der Waals surface area (Å²) in [6.07, 6.45) is 4.56. The van der Waals surface area contributed by atoms with Gasteiger partial charge in [0.25, 0.3) is 5.91 Å². The van der Waals surface area contributed by atoms with Gasteiger partial charge in [0.15, 0.2) is 0 Å². The fourth-order valence-corrected chi connectivity index (χ4v) is 2.35. The van der Waals surface area contributed by atoms with E-state index in [-0.39, 0.29) is 11.5 Å². The Morgan fingerprint density at radius 3 is 2.24 bits per heavy atom. The standard InChI is InChI=1S/C19H15N3O3/c1-12-2-4-13(5-3-12)18(23)22-17-7-14(6-15(8-17)19(24)25)16-9-20-11-21-10-16/h2-11H,1H3,(H,22,23)(H,24,25). The molecular formula is C19H15N3O3. The number of nitrogens with one attached hydrogen (secondary N) is 1. The van der Waals surface area contributed by atoms with Crippen LogP contribution in [0.15, 0.2) is 61.2 Å². The van der Waals surface area contributed by atoms with Gasteiger partial charge in [-0.1, -0.05) is 17.7 Å². The van der Waals surface area contributed by atoms with Gasteiger partial charge in [-0.05, 0) is 42.8 Å². The number of hydrogen-bond donors (Lipinski definition) is 2. The van der Waals surface area contributed by atoms with Crippen LogP contribution >= 0.6 is 0 Å². The molecule has 124 valence electrons. The quantitative estimate of drug-likeness (QED) is 0.763. The number of carboxylic acids is 1. The summed E-state index contributed by atoms with van der Waals surface area (Å²) in [7, 11) is 0. The Kier molecular flexibility index (Phi) is 4.52. The minimum atomic E-state index is -1.08. The molecule has 0 unspecified atom stereocenters. The molecule has 2 N–H and O–H groups in total. The second-order valence-electron chi connectivity index (χ2n) is 5.55. The van der Waals surface area contributed by atoms with Gasteiger partial charge in [0.2, 0.25) is 0 Å². The Labute approximate surface area is 144 Å². The van der Waals surface area contributed by atoms with Gasteiger partial charge < -0.3 is 10.4 Å². The highest BCUT2D eigenvalue weighted by atomic mass is 16.4. The van der Waals surface area contributed by atoms with Gasteiger partial charge in [0.05, 0.1) is 5.56 Å². The predicted octanol–water partition coefficient (Wildman–Crippen LogP) is 3.40. The number of carbonyl (C=O) groups excluding carboxylic acids is 1. The van der Waals surface area contributed by atoms with Crippen molar-refractivity contribution in [2.45, 2.75) is 6.92 Å². The topological polar surface area (TPSA) is 92.2 Å². The highest BCUT2D eigenvalue weighted by Crippen LogP contribution is 2.24. The van der Waals surface area contributed by atoms with Crippen LogP contribution in [0.4, 0.5) is 5.69 Å². The normalized spacial score (nSPS) is 10.3. The molecule has 6 heteroatoms. The molecular weight excluding hydrogens is 318 g/mol. The van der Waals surface area contributed by atoms with Crippen LogP contribution in [0.3, 0.4) is 0 Å². The number of aryl methyl sites for hydroxylation is 1. The van der Waals surface area contributed by atoms with E-state index in [2.05, 4.69) is 15.3 Å². The summed E-state index contributed by atoms with van der Waals surface area (Å²) in [5.74, 6) is -1.39. The number of carboxylic acid groups (broad SMARTS) is 1. The highest BCUT2D eigenvalue weighted by Gasteiger charge is 2.12. The van der Waals surface area contributed by atoms with Crippen molar-refractivity contribution in [1.82, 2.24) is 9.97 Å². The van der Waals surface area contributed by atoms with Gasteiger partial charge in [-0.25, -0.2) is 14.8 Å². The number of aromatic carboxylic acids is 1. The molecule has 0 fully saturated rings. The minimum Gasteiger partial charge on any atom is -0.478 e. The smallest absolute Gasteiger partial charge is 0.335 e. The Morgan fingerprint density at radius 1 is 0.920 bits per heavy atom. The van der Waals surface area contributed by atoms with Crippen molar-refractivity contribution >= 4 is 17.6 Å². The summed E-state index contributed by atoms with van der Waals surface area (Å²) in [5.41, 5.74) is 3.28. The first-order chi connectivity index (χ1) is 12.0. The molecule has 3 aromatic rings. The van der Waals surface area contributed by atoms with E-state index in [1.807, 2.05) is 19.1 Å². The molecule has 1 aromatic heterocycles. The second-order valence-corrected chi connectivity index (χ2v) is 5.55. The van der Waals surface area contributed by atoms with Crippen LogP contribution in [0.1, 0.15) is 26.3 Å². The van der Waals surface area contributed by atoms with Gasteiger partial charge in [0.1, 0.15) is 6.33 Å². The molecule has 0 aliphatic heterocycles. The van der Waals surface area contributed by atoms with E-state index < -0.39 is 5.97 Å². The average molecular weight is 333 g/mol. The van der Waals surface area contributed by atoms with E-state index in [4.69, 9.17) is 0 Å². The summed E-state index contributed by atoms with van der Waals surface area (Å²) in [6, 6.07) is 11.8. The molecule has 0 saturated heterocycles. The van der Waals surface area contributed by atoms with Crippen LogP contribution in [0.25, 0.3) is 11.1 Å². The van der Waals surface area contributed by atoms with Crippen molar-refractivity contribution < 1.29 is 14.7 Å². The largest absolute Gasteiger partial charge is 0.478 e. The molecule has 25 heavy (non-hydrogen) atoms. The van der Waals surface area contributed by atoms with E-state index in [0.717, 1.165) is 5.56 Å². The molecule has 0 atom stereocenters. The van der Waals surface area contributed by atoms with Crippen molar-refractivity contribution in [2.24, 2.45) is 0 Å². The van der Waals surface area contributed by atoms with Gasteiger partial charge in [-0.2, -0.15) is 0 Å². The lowest BCUT2D eigenvalue weighted by molar-refractivity contribution is 0.0696. The summed E-state index contributed by atoms with van der Waals surface area (Å²) in [5, 5.41) is 12.1. The van der Waals surface area contributed by atoms with E-state index in [9.17, 15) is 14.7 Å². The summed E-state index contributed by atoms with van der Waals surface area (Å²) >= 11 is 0. The van der Waals surface area contributed by atoms with E-state index in [0.29, 0.717) is 22.4 Å². The Bertz CT molecular complexity index is 922. The van der Waals surface area contributed by atoms with Crippen molar-refractivity contribution in [3.05, 3.63) is 77.9 Å². The number of rotatable bonds is 4. The molecule has 0 bridgehead atoms. The Hall–Kier alpha value is -3.54. The molecule has 0 saturated carbocycles. The van der Waals surface area contributed by atoms with Crippen LogP contribution in [0.5, 0.6) is 0 Å². The maximum Gasteiger partial charge on any atom is 0.335 e. The van der Waals surface area contributed by atoms with E-state index in [1.165, 1.54) is 18.5 Å². The number of carbonyl (C=O) groups is 2. The number of benzene rings is 2.